The number of carbonyl (C=O) groups excluding carboxylic acids is 1. The lowest BCUT2D eigenvalue weighted by atomic mass is 10.0. The Labute approximate surface area is 130 Å². The number of hydrogen-bond acceptors (Lipinski definition) is 3. The Morgan fingerprint density at radius 1 is 1.18 bits per heavy atom. The molecule has 2 aromatic rings. The first-order valence-corrected chi connectivity index (χ1v) is 7.63. The third kappa shape index (κ3) is 3.28. The van der Waals surface area contributed by atoms with Gasteiger partial charge in [0.1, 0.15) is 5.75 Å². The summed E-state index contributed by atoms with van der Waals surface area (Å²) in [6.07, 6.45) is 1.04. The molecule has 0 bridgehead atoms. The van der Waals surface area contributed by atoms with E-state index in [1.54, 1.807) is 12.1 Å². The summed E-state index contributed by atoms with van der Waals surface area (Å²) < 4.78 is 5.38. The molecule has 0 aromatic heterocycles. The lowest BCUT2D eigenvalue weighted by molar-refractivity contribution is 0.102. The summed E-state index contributed by atoms with van der Waals surface area (Å²) in [6, 6.07) is 13.3. The summed E-state index contributed by atoms with van der Waals surface area (Å²) in [5, 5.41) is 6.30. The smallest absolute Gasteiger partial charge is 0.255 e. The molecule has 0 radical (unpaired) electrons. The SMILES string of the molecule is CCOc1ccc(C(=O)Nc2ccc3c(c2)CNCC3)cc1. The molecule has 0 fully saturated rings. The van der Waals surface area contributed by atoms with Crippen LogP contribution in [0.15, 0.2) is 42.5 Å². The minimum absolute atomic E-state index is 0.105. The number of anilines is 1. The summed E-state index contributed by atoms with van der Waals surface area (Å²) in [7, 11) is 0. The second kappa shape index (κ2) is 6.62. The van der Waals surface area contributed by atoms with E-state index in [2.05, 4.69) is 16.7 Å². The van der Waals surface area contributed by atoms with E-state index < -0.39 is 0 Å². The highest BCUT2D eigenvalue weighted by Gasteiger charge is 2.11. The molecular formula is C18H20N2O2. The number of hydrogen-bond donors (Lipinski definition) is 2. The fourth-order valence-electron chi connectivity index (χ4n) is 2.63. The molecule has 1 amide bonds. The zero-order valence-electron chi connectivity index (χ0n) is 12.7. The van der Waals surface area contributed by atoms with Gasteiger partial charge >= 0.3 is 0 Å². The van der Waals surface area contributed by atoms with E-state index >= 15 is 0 Å². The molecule has 0 saturated carbocycles. The van der Waals surface area contributed by atoms with E-state index in [4.69, 9.17) is 4.74 Å². The van der Waals surface area contributed by atoms with Crippen molar-refractivity contribution in [3.05, 3.63) is 59.2 Å². The van der Waals surface area contributed by atoms with Crippen molar-refractivity contribution in [1.29, 1.82) is 0 Å². The highest BCUT2D eigenvalue weighted by atomic mass is 16.5. The Morgan fingerprint density at radius 2 is 2.00 bits per heavy atom. The molecule has 1 heterocycles. The average Bonchev–Trinajstić information content (AvgIpc) is 2.56. The van der Waals surface area contributed by atoms with Gasteiger partial charge in [0.05, 0.1) is 6.61 Å². The van der Waals surface area contributed by atoms with Crippen LogP contribution < -0.4 is 15.4 Å². The maximum absolute atomic E-state index is 12.3. The molecule has 2 aromatic carbocycles. The van der Waals surface area contributed by atoms with Crippen LogP contribution in [0.25, 0.3) is 0 Å². The molecule has 1 aliphatic rings. The second-order valence-electron chi connectivity index (χ2n) is 5.32. The second-order valence-corrected chi connectivity index (χ2v) is 5.32. The zero-order chi connectivity index (χ0) is 15.4. The lowest BCUT2D eigenvalue weighted by Gasteiger charge is -2.18. The van der Waals surface area contributed by atoms with Gasteiger partial charge in [-0.2, -0.15) is 0 Å². The van der Waals surface area contributed by atoms with Gasteiger partial charge in [0, 0.05) is 17.8 Å². The zero-order valence-corrected chi connectivity index (χ0v) is 12.7. The number of fused-ring (bicyclic) bond motifs is 1. The van der Waals surface area contributed by atoms with Crippen molar-refractivity contribution in [3.8, 4) is 5.75 Å². The van der Waals surface area contributed by atoms with Gasteiger partial charge < -0.3 is 15.4 Å². The molecule has 4 heteroatoms. The molecule has 0 atom stereocenters. The van der Waals surface area contributed by atoms with Gasteiger partial charge in [-0.1, -0.05) is 6.07 Å². The number of benzene rings is 2. The molecule has 114 valence electrons. The van der Waals surface area contributed by atoms with E-state index in [0.29, 0.717) is 12.2 Å². The van der Waals surface area contributed by atoms with Gasteiger partial charge in [-0.3, -0.25) is 4.79 Å². The van der Waals surface area contributed by atoms with Gasteiger partial charge in [-0.15, -0.1) is 0 Å². The van der Waals surface area contributed by atoms with Gasteiger partial charge in [-0.25, -0.2) is 0 Å². The van der Waals surface area contributed by atoms with Crippen LogP contribution in [0.3, 0.4) is 0 Å². The number of carbonyl (C=O) groups is 1. The van der Waals surface area contributed by atoms with Crippen LogP contribution in [0, 0.1) is 0 Å². The van der Waals surface area contributed by atoms with Crippen molar-refractivity contribution in [1.82, 2.24) is 5.32 Å². The average molecular weight is 296 g/mol. The van der Waals surface area contributed by atoms with Crippen molar-refractivity contribution in [2.75, 3.05) is 18.5 Å². The predicted octanol–water partition coefficient (Wildman–Crippen LogP) is 2.98. The number of amides is 1. The molecule has 2 N–H and O–H groups in total. The fourth-order valence-corrected chi connectivity index (χ4v) is 2.63. The minimum Gasteiger partial charge on any atom is -0.494 e. The topological polar surface area (TPSA) is 50.4 Å². The van der Waals surface area contributed by atoms with Crippen LogP contribution in [0.1, 0.15) is 28.4 Å². The van der Waals surface area contributed by atoms with Gasteiger partial charge in [0.2, 0.25) is 0 Å². The van der Waals surface area contributed by atoms with Crippen LogP contribution in [-0.4, -0.2) is 19.1 Å². The van der Waals surface area contributed by atoms with E-state index in [0.717, 1.165) is 30.9 Å². The molecule has 3 rings (SSSR count). The Kier molecular flexibility index (Phi) is 4.39. The normalized spacial score (nSPS) is 13.3. The molecule has 0 aliphatic carbocycles. The van der Waals surface area contributed by atoms with Crippen molar-refractivity contribution < 1.29 is 9.53 Å². The van der Waals surface area contributed by atoms with Crippen molar-refractivity contribution in [3.63, 3.8) is 0 Å². The van der Waals surface area contributed by atoms with E-state index in [9.17, 15) is 4.79 Å². The monoisotopic (exact) mass is 296 g/mol. The lowest BCUT2D eigenvalue weighted by Crippen LogP contribution is -2.23. The Hall–Kier alpha value is -2.33. The third-order valence-corrected chi connectivity index (χ3v) is 3.78. The molecule has 1 aliphatic heterocycles. The summed E-state index contributed by atoms with van der Waals surface area (Å²) in [6.45, 7) is 4.44. The molecule has 22 heavy (non-hydrogen) atoms. The van der Waals surface area contributed by atoms with Crippen LogP contribution in [-0.2, 0) is 13.0 Å². The van der Waals surface area contributed by atoms with Crippen molar-refractivity contribution in [2.45, 2.75) is 19.9 Å². The number of ether oxygens (including phenoxy) is 1. The third-order valence-electron chi connectivity index (χ3n) is 3.78. The summed E-state index contributed by atoms with van der Waals surface area (Å²) in [5.41, 5.74) is 4.08. The number of rotatable bonds is 4. The largest absolute Gasteiger partial charge is 0.494 e. The quantitative estimate of drug-likeness (QED) is 0.912. The molecule has 0 saturated heterocycles. The van der Waals surface area contributed by atoms with E-state index in [1.165, 1.54) is 11.1 Å². The van der Waals surface area contributed by atoms with Crippen LogP contribution in [0.5, 0.6) is 5.75 Å². The number of nitrogens with one attached hydrogen (secondary N) is 2. The van der Waals surface area contributed by atoms with E-state index in [-0.39, 0.29) is 5.91 Å². The van der Waals surface area contributed by atoms with E-state index in [1.807, 2.05) is 31.2 Å². The highest BCUT2D eigenvalue weighted by Crippen LogP contribution is 2.20. The maximum Gasteiger partial charge on any atom is 0.255 e. The maximum atomic E-state index is 12.3. The minimum atomic E-state index is -0.105. The van der Waals surface area contributed by atoms with Crippen molar-refractivity contribution >= 4 is 11.6 Å². The first-order valence-electron chi connectivity index (χ1n) is 7.63. The van der Waals surface area contributed by atoms with Crippen LogP contribution >= 0.6 is 0 Å². The van der Waals surface area contributed by atoms with Crippen LogP contribution in [0.4, 0.5) is 5.69 Å². The van der Waals surface area contributed by atoms with Crippen molar-refractivity contribution in [2.24, 2.45) is 0 Å². The predicted molar refractivity (Wildman–Crippen MR) is 87.4 cm³/mol. The molecule has 4 nitrogen and oxygen atoms in total. The summed E-state index contributed by atoms with van der Waals surface area (Å²) in [5.74, 6) is 0.672. The van der Waals surface area contributed by atoms with Crippen LogP contribution in [0.2, 0.25) is 0 Å². The van der Waals surface area contributed by atoms with Gasteiger partial charge in [-0.05, 0) is 67.4 Å². The summed E-state index contributed by atoms with van der Waals surface area (Å²) in [4.78, 5) is 12.3. The Morgan fingerprint density at radius 3 is 2.77 bits per heavy atom. The Balaban J connectivity index is 1.71. The first-order chi connectivity index (χ1) is 10.8. The first kappa shape index (κ1) is 14.6. The Bertz CT molecular complexity index is 665. The van der Waals surface area contributed by atoms with Gasteiger partial charge in [0.25, 0.3) is 5.91 Å². The molecular weight excluding hydrogens is 276 g/mol. The highest BCUT2D eigenvalue weighted by molar-refractivity contribution is 6.04. The molecule has 0 spiro atoms. The summed E-state index contributed by atoms with van der Waals surface area (Å²) >= 11 is 0. The van der Waals surface area contributed by atoms with Gasteiger partial charge in [0.15, 0.2) is 0 Å². The molecule has 0 unspecified atom stereocenters. The fraction of sp³-hybridized carbons (Fsp3) is 0.278. The standard InChI is InChI=1S/C18H20N2O2/c1-2-22-17-7-4-14(5-8-17)18(21)20-16-6-3-13-9-10-19-12-15(13)11-16/h3-8,11,19H,2,9-10,12H2,1H3,(H,20,21).